The zero-order chi connectivity index (χ0) is 14.5. The summed E-state index contributed by atoms with van der Waals surface area (Å²) in [5.41, 5.74) is 2.51. The van der Waals surface area contributed by atoms with Crippen LogP contribution < -0.4 is 0 Å². The van der Waals surface area contributed by atoms with E-state index in [4.69, 9.17) is 0 Å². The lowest BCUT2D eigenvalue weighted by molar-refractivity contribution is 0.264. The third-order valence-corrected chi connectivity index (χ3v) is 5.43. The van der Waals surface area contributed by atoms with Crippen LogP contribution in [-0.2, 0) is 20.0 Å². The first-order valence-electron chi connectivity index (χ1n) is 8.08. The largest absolute Gasteiger partial charge is 0.297 e. The molecule has 1 saturated heterocycles. The Morgan fingerprint density at radius 2 is 2.05 bits per heavy atom. The van der Waals surface area contributed by atoms with Gasteiger partial charge in [0.05, 0.1) is 15.9 Å². The number of hydrogen-bond acceptors (Lipinski definition) is 2. The minimum absolute atomic E-state index is 0.950. The van der Waals surface area contributed by atoms with Crippen LogP contribution >= 0.6 is 15.9 Å². The third kappa shape index (κ3) is 3.85. The van der Waals surface area contributed by atoms with Crippen molar-refractivity contribution in [3.63, 3.8) is 0 Å². The fourth-order valence-corrected chi connectivity index (χ4v) is 4.02. The smallest absolute Gasteiger partial charge is 0.0767 e. The predicted molar refractivity (Wildman–Crippen MR) is 87.8 cm³/mol. The molecular formula is C16H28BrN3. The lowest BCUT2D eigenvalue weighted by Crippen LogP contribution is -2.25. The molecule has 4 heteroatoms. The maximum absolute atomic E-state index is 4.61. The molecule has 0 saturated carbocycles. The molecule has 0 aliphatic carbocycles. The first-order chi connectivity index (χ1) is 9.65. The molecule has 20 heavy (non-hydrogen) atoms. The molecule has 0 radical (unpaired) electrons. The number of nitrogens with zero attached hydrogens (tertiary/aromatic N) is 3. The second-order valence-corrected chi connectivity index (χ2v) is 6.84. The van der Waals surface area contributed by atoms with E-state index in [0.717, 1.165) is 18.9 Å². The molecule has 0 spiro atoms. The van der Waals surface area contributed by atoms with Gasteiger partial charge in [-0.2, -0.15) is 5.10 Å². The van der Waals surface area contributed by atoms with Crippen molar-refractivity contribution in [2.45, 2.75) is 58.9 Å². The standard InChI is InChI=1S/C16H28BrN3/c1-4-7-13-8-6-10-20(11-9-13)12-15-16(17)14(5-2)18-19(15)3/h13H,4-12H2,1-3H3. The Morgan fingerprint density at radius 1 is 1.25 bits per heavy atom. The Morgan fingerprint density at radius 3 is 2.70 bits per heavy atom. The van der Waals surface area contributed by atoms with Crippen molar-refractivity contribution in [1.82, 2.24) is 14.7 Å². The van der Waals surface area contributed by atoms with Crippen molar-refractivity contribution in [2.24, 2.45) is 13.0 Å². The van der Waals surface area contributed by atoms with E-state index >= 15 is 0 Å². The summed E-state index contributed by atoms with van der Waals surface area (Å²) in [4.78, 5) is 2.61. The normalized spacial score (nSPS) is 21.1. The highest BCUT2D eigenvalue weighted by atomic mass is 79.9. The summed E-state index contributed by atoms with van der Waals surface area (Å²) in [6, 6.07) is 0. The van der Waals surface area contributed by atoms with Gasteiger partial charge in [0.25, 0.3) is 0 Å². The van der Waals surface area contributed by atoms with Crippen molar-refractivity contribution < 1.29 is 0 Å². The number of aromatic nitrogens is 2. The van der Waals surface area contributed by atoms with Crippen LogP contribution in [-0.4, -0.2) is 27.8 Å². The van der Waals surface area contributed by atoms with Gasteiger partial charge in [-0.15, -0.1) is 0 Å². The second kappa shape index (κ2) is 7.60. The number of hydrogen-bond donors (Lipinski definition) is 0. The fourth-order valence-electron chi connectivity index (χ4n) is 3.28. The topological polar surface area (TPSA) is 21.1 Å². The van der Waals surface area contributed by atoms with Gasteiger partial charge in [-0.05, 0) is 60.6 Å². The Kier molecular flexibility index (Phi) is 6.09. The molecular weight excluding hydrogens is 314 g/mol. The van der Waals surface area contributed by atoms with E-state index in [-0.39, 0.29) is 0 Å². The summed E-state index contributed by atoms with van der Waals surface area (Å²) in [6.45, 7) is 7.98. The Balaban J connectivity index is 1.98. The predicted octanol–water partition coefficient (Wildman–Crippen LogP) is 4.15. The molecule has 2 rings (SSSR count). The molecule has 1 aromatic heterocycles. The SMILES string of the molecule is CCCC1CCCN(Cc2c(Br)c(CC)nn2C)CC1. The average molecular weight is 342 g/mol. The summed E-state index contributed by atoms with van der Waals surface area (Å²) in [5, 5.41) is 4.61. The Hall–Kier alpha value is -0.350. The molecule has 3 nitrogen and oxygen atoms in total. The summed E-state index contributed by atoms with van der Waals surface area (Å²) < 4.78 is 3.27. The third-order valence-electron chi connectivity index (χ3n) is 4.51. The van der Waals surface area contributed by atoms with Crippen molar-refractivity contribution in [2.75, 3.05) is 13.1 Å². The zero-order valence-corrected chi connectivity index (χ0v) is 14.7. The number of rotatable bonds is 5. The lowest BCUT2D eigenvalue weighted by atomic mass is 9.96. The zero-order valence-electron chi connectivity index (χ0n) is 13.2. The van der Waals surface area contributed by atoms with Crippen LogP contribution in [0.4, 0.5) is 0 Å². The molecule has 0 aromatic carbocycles. The van der Waals surface area contributed by atoms with E-state index < -0.39 is 0 Å². The van der Waals surface area contributed by atoms with E-state index in [0.29, 0.717) is 0 Å². The quantitative estimate of drug-likeness (QED) is 0.802. The molecule has 0 N–H and O–H groups in total. The lowest BCUT2D eigenvalue weighted by Gasteiger charge is -2.20. The summed E-state index contributed by atoms with van der Waals surface area (Å²) in [5.74, 6) is 0.950. The van der Waals surface area contributed by atoms with Gasteiger partial charge in [0.2, 0.25) is 0 Å². The van der Waals surface area contributed by atoms with Crippen LogP contribution in [0.5, 0.6) is 0 Å². The highest BCUT2D eigenvalue weighted by Gasteiger charge is 2.19. The molecule has 0 bridgehead atoms. The molecule has 1 unspecified atom stereocenters. The van der Waals surface area contributed by atoms with Gasteiger partial charge in [-0.1, -0.05) is 26.7 Å². The van der Waals surface area contributed by atoms with Crippen molar-refractivity contribution in [1.29, 1.82) is 0 Å². The molecule has 0 amide bonds. The van der Waals surface area contributed by atoms with Gasteiger partial charge < -0.3 is 0 Å². The van der Waals surface area contributed by atoms with Crippen LogP contribution in [0.25, 0.3) is 0 Å². The van der Waals surface area contributed by atoms with Gasteiger partial charge >= 0.3 is 0 Å². The molecule has 1 fully saturated rings. The van der Waals surface area contributed by atoms with Gasteiger partial charge in [-0.3, -0.25) is 9.58 Å². The van der Waals surface area contributed by atoms with E-state index in [1.807, 2.05) is 0 Å². The van der Waals surface area contributed by atoms with Crippen LogP contribution in [0.15, 0.2) is 4.47 Å². The van der Waals surface area contributed by atoms with Crippen LogP contribution in [0.2, 0.25) is 0 Å². The maximum atomic E-state index is 4.61. The second-order valence-electron chi connectivity index (χ2n) is 6.05. The minimum Gasteiger partial charge on any atom is -0.297 e. The van der Waals surface area contributed by atoms with Crippen molar-refractivity contribution in [3.8, 4) is 0 Å². The maximum Gasteiger partial charge on any atom is 0.0767 e. The average Bonchev–Trinajstić information content (AvgIpc) is 2.61. The minimum atomic E-state index is 0.950. The monoisotopic (exact) mass is 341 g/mol. The van der Waals surface area contributed by atoms with E-state index in [1.54, 1.807) is 0 Å². The molecule has 1 aliphatic rings. The molecule has 1 aliphatic heterocycles. The van der Waals surface area contributed by atoms with Crippen molar-refractivity contribution in [3.05, 3.63) is 15.9 Å². The number of likely N-dealkylation sites (tertiary alicyclic amines) is 1. The molecule has 1 atom stereocenters. The molecule has 1 aromatic rings. The van der Waals surface area contributed by atoms with E-state index in [1.165, 1.54) is 61.1 Å². The number of halogens is 1. The number of aryl methyl sites for hydroxylation is 2. The van der Waals surface area contributed by atoms with Crippen molar-refractivity contribution >= 4 is 15.9 Å². The first-order valence-corrected chi connectivity index (χ1v) is 8.87. The van der Waals surface area contributed by atoms with E-state index in [9.17, 15) is 0 Å². The summed E-state index contributed by atoms with van der Waals surface area (Å²) >= 11 is 3.74. The van der Waals surface area contributed by atoms with Gasteiger partial charge in [-0.25, -0.2) is 0 Å². The first kappa shape index (κ1) is 16.0. The van der Waals surface area contributed by atoms with E-state index in [2.05, 4.69) is 51.5 Å². The van der Waals surface area contributed by atoms with Gasteiger partial charge in [0.1, 0.15) is 0 Å². The van der Waals surface area contributed by atoms with Crippen LogP contribution in [0.1, 0.15) is 57.3 Å². The van der Waals surface area contributed by atoms with Gasteiger partial charge in [0.15, 0.2) is 0 Å². The van der Waals surface area contributed by atoms with Crippen LogP contribution in [0, 0.1) is 5.92 Å². The fraction of sp³-hybridized carbons (Fsp3) is 0.812. The Labute approximate surface area is 131 Å². The Bertz CT molecular complexity index is 428. The highest BCUT2D eigenvalue weighted by Crippen LogP contribution is 2.26. The molecule has 2 heterocycles. The highest BCUT2D eigenvalue weighted by molar-refractivity contribution is 9.10. The summed E-state index contributed by atoms with van der Waals surface area (Å²) in [7, 11) is 2.07. The molecule has 114 valence electrons. The van der Waals surface area contributed by atoms with Crippen LogP contribution in [0.3, 0.4) is 0 Å². The van der Waals surface area contributed by atoms with Gasteiger partial charge in [0, 0.05) is 13.6 Å². The summed E-state index contributed by atoms with van der Waals surface area (Å²) in [6.07, 6.45) is 7.86.